The first kappa shape index (κ1) is 23.1. The van der Waals surface area contributed by atoms with Gasteiger partial charge in [-0.2, -0.15) is 5.26 Å². The number of hydrogen-bond acceptors (Lipinski definition) is 4. The number of benzene rings is 3. The maximum absolute atomic E-state index is 13.1. The Morgan fingerprint density at radius 2 is 1.86 bits per heavy atom. The minimum absolute atomic E-state index is 0. The molecule has 2 aliphatic rings. The van der Waals surface area contributed by atoms with Gasteiger partial charge < -0.3 is 9.88 Å². The van der Waals surface area contributed by atoms with Gasteiger partial charge in [-0.1, -0.05) is 30.3 Å². The van der Waals surface area contributed by atoms with Crippen LogP contribution in [0.3, 0.4) is 0 Å². The van der Waals surface area contributed by atoms with Crippen LogP contribution in [0.5, 0.6) is 0 Å². The normalized spacial score (nSPS) is 17.7. The minimum Gasteiger partial charge on any atom is -0.361 e. The van der Waals surface area contributed by atoms with E-state index in [0.717, 1.165) is 47.6 Å². The number of hydrogen-bond donors (Lipinski definition) is 1. The second kappa shape index (κ2) is 9.18. The SMILES string of the molecule is Cl.N#Cc1ccc2[nH]cc(CC3CCN(CCN4C(=O)c5ccc6ccccc6c5C4=O)C3)c2c1. The summed E-state index contributed by atoms with van der Waals surface area (Å²) >= 11 is 0. The number of aromatic nitrogens is 1. The minimum atomic E-state index is -0.186. The first-order valence-electron chi connectivity index (χ1n) is 11.7. The van der Waals surface area contributed by atoms with Gasteiger partial charge in [0.2, 0.25) is 0 Å². The van der Waals surface area contributed by atoms with Crippen LogP contribution in [-0.2, 0) is 6.42 Å². The van der Waals surface area contributed by atoms with Gasteiger partial charge in [0.1, 0.15) is 0 Å². The van der Waals surface area contributed by atoms with Gasteiger partial charge in [-0.25, -0.2) is 0 Å². The van der Waals surface area contributed by atoms with Crippen molar-refractivity contribution < 1.29 is 9.59 Å². The maximum Gasteiger partial charge on any atom is 0.262 e. The van der Waals surface area contributed by atoms with E-state index in [-0.39, 0.29) is 24.2 Å². The van der Waals surface area contributed by atoms with Crippen LogP contribution in [0, 0.1) is 17.2 Å². The van der Waals surface area contributed by atoms with Crippen molar-refractivity contribution >= 4 is 45.9 Å². The van der Waals surface area contributed by atoms with Crippen molar-refractivity contribution in [3.8, 4) is 6.07 Å². The zero-order valence-electron chi connectivity index (χ0n) is 19.2. The van der Waals surface area contributed by atoms with E-state index in [1.165, 1.54) is 10.5 Å². The van der Waals surface area contributed by atoms with Gasteiger partial charge >= 0.3 is 0 Å². The fourth-order valence-electron chi connectivity index (χ4n) is 5.51. The Morgan fingerprint density at radius 3 is 2.71 bits per heavy atom. The monoisotopic (exact) mass is 484 g/mol. The molecule has 3 aromatic carbocycles. The molecule has 1 atom stereocenters. The molecule has 1 fully saturated rings. The van der Waals surface area contributed by atoms with Gasteiger partial charge in [0.25, 0.3) is 11.8 Å². The molecule has 7 heteroatoms. The second-order valence-corrected chi connectivity index (χ2v) is 9.32. The van der Waals surface area contributed by atoms with E-state index >= 15 is 0 Å². The Bertz CT molecular complexity index is 1500. The largest absolute Gasteiger partial charge is 0.361 e. The smallest absolute Gasteiger partial charge is 0.262 e. The first-order valence-corrected chi connectivity index (χ1v) is 11.7. The molecule has 0 radical (unpaired) electrons. The number of nitrogens with zero attached hydrogens (tertiary/aromatic N) is 3. The van der Waals surface area contributed by atoms with Gasteiger partial charge in [0.05, 0.1) is 22.8 Å². The fourth-order valence-corrected chi connectivity index (χ4v) is 5.51. The predicted octanol–water partition coefficient (Wildman–Crippen LogP) is 4.78. The average molecular weight is 485 g/mol. The van der Waals surface area contributed by atoms with E-state index < -0.39 is 0 Å². The molecule has 2 aliphatic heterocycles. The lowest BCUT2D eigenvalue weighted by Gasteiger charge is -2.20. The highest BCUT2D eigenvalue weighted by Crippen LogP contribution is 2.31. The molecule has 0 spiro atoms. The van der Waals surface area contributed by atoms with Crippen LogP contribution in [0.15, 0.2) is 60.8 Å². The number of likely N-dealkylation sites (tertiary alicyclic amines) is 1. The van der Waals surface area contributed by atoms with Crippen LogP contribution in [0.1, 0.15) is 38.3 Å². The number of fused-ring (bicyclic) bond motifs is 4. The number of carbonyl (C=O) groups is 2. The summed E-state index contributed by atoms with van der Waals surface area (Å²) in [6.45, 7) is 3.00. The highest BCUT2D eigenvalue weighted by atomic mass is 35.5. The topological polar surface area (TPSA) is 80.2 Å². The van der Waals surface area contributed by atoms with Crippen molar-refractivity contribution in [1.29, 1.82) is 5.26 Å². The Labute approximate surface area is 209 Å². The van der Waals surface area contributed by atoms with Crippen LogP contribution in [0.25, 0.3) is 21.7 Å². The first-order chi connectivity index (χ1) is 16.6. The molecular formula is C28H25ClN4O2. The van der Waals surface area contributed by atoms with Crippen LogP contribution in [0.2, 0.25) is 0 Å². The summed E-state index contributed by atoms with van der Waals surface area (Å²) in [5.74, 6) is 0.143. The number of nitrogens with one attached hydrogen (secondary N) is 1. The molecule has 176 valence electrons. The van der Waals surface area contributed by atoms with Crippen LogP contribution in [-0.4, -0.2) is 52.8 Å². The third-order valence-corrected chi connectivity index (χ3v) is 7.28. The number of halogens is 1. The summed E-state index contributed by atoms with van der Waals surface area (Å²) in [4.78, 5) is 33.2. The van der Waals surface area contributed by atoms with E-state index in [4.69, 9.17) is 0 Å². The highest BCUT2D eigenvalue weighted by Gasteiger charge is 2.37. The lowest BCUT2D eigenvalue weighted by molar-refractivity contribution is 0.0641. The molecule has 1 saturated heterocycles. The molecule has 1 unspecified atom stereocenters. The molecule has 2 amide bonds. The Balaban J connectivity index is 0.00000253. The second-order valence-electron chi connectivity index (χ2n) is 9.32. The number of imide groups is 1. The molecular weight excluding hydrogens is 460 g/mol. The summed E-state index contributed by atoms with van der Waals surface area (Å²) in [6, 6.07) is 19.4. The van der Waals surface area contributed by atoms with Crippen molar-refractivity contribution in [3.63, 3.8) is 0 Å². The third kappa shape index (κ3) is 3.97. The lowest BCUT2D eigenvalue weighted by Crippen LogP contribution is -2.37. The zero-order chi connectivity index (χ0) is 23.2. The van der Waals surface area contributed by atoms with Crippen LogP contribution >= 0.6 is 12.4 Å². The van der Waals surface area contributed by atoms with E-state index in [0.29, 0.717) is 35.7 Å². The third-order valence-electron chi connectivity index (χ3n) is 7.28. The Kier molecular flexibility index (Phi) is 6.06. The number of amides is 2. The number of carbonyl (C=O) groups excluding carboxylic acids is 2. The number of nitriles is 1. The summed E-state index contributed by atoms with van der Waals surface area (Å²) in [5.41, 5.74) is 4.03. The maximum atomic E-state index is 13.1. The molecule has 3 heterocycles. The fraction of sp³-hybridized carbons (Fsp3) is 0.250. The number of H-pyrrole nitrogens is 1. The molecule has 0 bridgehead atoms. The molecule has 4 aromatic rings. The molecule has 6 nitrogen and oxygen atoms in total. The number of aromatic amines is 1. The predicted molar refractivity (Wildman–Crippen MR) is 138 cm³/mol. The van der Waals surface area contributed by atoms with Gasteiger partial charge in [-0.15, -0.1) is 12.4 Å². The zero-order valence-corrected chi connectivity index (χ0v) is 20.0. The number of rotatable bonds is 5. The van der Waals surface area contributed by atoms with Crippen molar-refractivity contribution in [3.05, 3.63) is 83.0 Å². The summed E-state index contributed by atoms with van der Waals surface area (Å²) in [7, 11) is 0. The van der Waals surface area contributed by atoms with Gasteiger partial charge in [0.15, 0.2) is 0 Å². The Morgan fingerprint density at radius 1 is 1.00 bits per heavy atom. The van der Waals surface area contributed by atoms with Gasteiger partial charge in [-0.3, -0.25) is 14.5 Å². The molecule has 35 heavy (non-hydrogen) atoms. The molecule has 1 aromatic heterocycles. The average Bonchev–Trinajstić information content (AvgIpc) is 3.55. The summed E-state index contributed by atoms with van der Waals surface area (Å²) in [6.07, 6.45) is 4.08. The molecule has 0 saturated carbocycles. The lowest BCUT2D eigenvalue weighted by atomic mass is 9.98. The Hall–Kier alpha value is -3.66. The van der Waals surface area contributed by atoms with Crippen LogP contribution in [0.4, 0.5) is 0 Å². The van der Waals surface area contributed by atoms with Crippen molar-refractivity contribution in [2.75, 3.05) is 26.2 Å². The van der Waals surface area contributed by atoms with E-state index in [1.807, 2.05) is 48.5 Å². The molecule has 0 aliphatic carbocycles. The van der Waals surface area contributed by atoms with Crippen LogP contribution < -0.4 is 0 Å². The summed E-state index contributed by atoms with van der Waals surface area (Å²) in [5, 5.41) is 12.2. The summed E-state index contributed by atoms with van der Waals surface area (Å²) < 4.78 is 0. The van der Waals surface area contributed by atoms with Crippen molar-refractivity contribution in [2.24, 2.45) is 5.92 Å². The van der Waals surface area contributed by atoms with E-state index in [9.17, 15) is 14.9 Å². The van der Waals surface area contributed by atoms with E-state index in [2.05, 4.69) is 22.1 Å². The quantitative estimate of drug-likeness (QED) is 0.413. The highest BCUT2D eigenvalue weighted by molar-refractivity contribution is 6.26. The van der Waals surface area contributed by atoms with E-state index in [1.54, 1.807) is 6.07 Å². The van der Waals surface area contributed by atoms with Crippen molar-refractivity contribution in [2.45, 2.75) is 12.8 Å². The van der Waals surface area contributed by atoms with Gasteiger partial charge in [0, 0.05) is 36.7 Å². The molecule has 1 N–H and O–H groups in total. The van der Waals surface area contributed by atoms with Crippen molar-refractivity contribution in [1.82, 2.24) is 14.8 Å². The molecule has 6 rings (SSSR count). The van der Waals surface area contributed by atoms with Gasteiger partial charge in [-0.05, 0) is 65.9 Å². The standard InChI is InChI=1S/C28H24N4O2.ClH/c29-15-18-5-8-25-24(14-18)21(16-30-25)13-19-9-10-31(17-19)11-12-32-27(33)23-7-6-20-3-1-2-4-22(20)26(23)28(32)34;/h1-8,14,16,19,30H,9-13,17H2;1H.